The molecule has 0 saturated carbocycles. The number of esters is 1. The summed E-state index contributed by atoms with van der Waals surface area (Å²) in [6.45, 7) is 3.21. The molecule has 0 fully saturated rings. The SMILES string of the molecule is CCOC(=O)c1c(Br)ncc(C)c1C(F)F. The Balaban J connectivity index is 3.34. The van der Waals surface area contributed by atoms with E-state index in [4.69, 9.17) is 4.74 Å². The van der Waals surface area contributed by atoms with Crippen LogP contribution in [0.15, 0.2) is 10.8 Å². The number of pyridine rings is 1. The van der Waals surface area contributed by atoms with Crippen molar-refractivity contribution in [2.45, 2.75) is 20.3 Å². The van der Waals surface area contributed by atoms with E-state index in [1.54, 1.807) is 6.92 Å². The van der Waals surface area contributed by atoms with Crippen LogP contribution in [0, 0.1) is 6.92 Å². The number of aromatic nitrogens is 1. The summed E-state index contributed by atoms with van der Waals surface area (Å²) in [5, 5.41) is 0. The molecule has 16 heavy (non-hydrogen) atoms. The van der Waals surface area contributed by atoms with Crippen LogP contribution >= 0.6 is 15.9 Å². The van der Waals surface area contributed by atoms with Crippen molar-refractivity contribution in [1.29, 1.82) is 0 Å². The van der Waals surface area contributed by atoms with Crippen molar-refractivity contribution < 1.29 is 18.3 Å². The molecule has 0 aromatic carbocycles. The number of hydrogen-bond acceptors (Lipinski definition) is 3. The molecule has 0 aliphatic rings. The molecule has 0 radical (unpaired) electrons. The Morgan fingerprint density at radius 1 is 1.62 bits per heavy atom. The fourth-order valence-electron chi connectivity index (χ4n) is 1.27. The number of halogens is 3. The number of aryl methyl sites for hydroxylation is 1. The smallest absolute Gasteiger partial charge is 0.341 e. The molecule has 0 N–H and O–H groups in total. The van der Waals surface area contributed by atoms with Gasteiger partial charge >= 0.3 is 5.97 Å². The van der Waals surface area contributed by atoms with Gasteiger partial charge in [-0.2, -0.15) is 0 Å². The van der Waals surface area contributed by atoms with Crippen molar-refractivity contribution in [2.75, 3.05) is 6.61 Å². The molecule has 6 heteroatoms. The van der Waals surface area contributed by atoms with Gasteiger partial charge in [0.15, 0.2) is 0 Å². The van der Waals surface area contributed by atoms with Crippen LogP contribution in [0.5, 0.6) is 0 Å². The molecule has 0 aliphatic carbocycles. The first-order chi connectivity index (χ1) is 7.49. The summed E-state index contributed by atoms with van der Waals surface area (Å²) < 4.78 is 30.4. The first kappa shape index (κ1) is 13.0. The van der Waals surface area contributed by atoms with Gasteiger partial charge in [0.05, 0.1) is 6.61 Å². The lowest BCUT2D eigenvalue weighted by Crippen LogP contribution is -2.12. The lowest BCUT2D eigenvalue weighted by molar-refractivity contribution is 0.0513. The van der Waals surface area contributed by atoms with Crippen LogP contribution in [0.3, 0.4) is 0 Å². The van der Waals surface area contributed by atoms with Crippen molar-refractivity contribution >= 4 is 21.9 Å². The first-order valence-electron chi connectivity index (χ1n) is 4.59. The standard InChI is InChI=1S/C10H10BrF2NO2/c1-3-16-10(15)7-6(9(12)13)5(2)4-14-8(7)11/h4,9H,3H2,1-2H3. The van der Waals surface area contributed by atoms with Crippen molar-refractivity contribution in [2.24, 2.45) is 0 Å². The monoisotopic (exact) mass is 293 g/mol. The van der Waals surface area contributed by atoms with Crippen LogP contribution in [0.2, 0.25) is 0 Å². The van der Waals surface area contributed by atoms with Gasteiger partial charge in [-0.25, -0.2) is 18.6 Å². The zero-order valence-electron chi connectivity index (χ0n) is 8.76. The first-order valence-corrected chi connectivity index (χ1v) is 5.38. The number of alkyl halides is 2. The van der Waals surface area contributed by atoms with Crippen LogP contribution in [0.1, 0.15) is 34.8 Å². The molecule has 0 atom stereocenters. The summed E-state index contributed by atoms with van der Waals surface area (Å²) in [5.74, 6) is -0.791. The number of carbonyl (C=O) groups excluding carboxylic acids is 1. The van der Waals surface area contributed by atoms with Gasteiger partial charge < -0.3 is 4.74 Å². The van der Waals surface area contributed by atoms with Gasteiger partial charge in [0, 0.05) is 11.8 Å². The summed E-state index contributed by atoms with van der Waals surface area (Å²) in [5.41, 5.74) is -0.265. The number of carbonyl (C=O) groups is 1. The number of ether oxygens (including phenoxy) is 1. The highest BCUT2D eigenvalue weighted by Crippen LogP contribution is 2.30. The molecule has 0 saturated heterocycles. The third kappa shape index (κ3) is 2.55. The zero-order valence-corrected chi connectivity index (χ0v) is 10.3. The Labute approximate surface area is 99.9 Å². The average molecular weight is 294 g/mol. The fraction of sp³-hybridized carbons (Fsp3) is 0.400. The predicted octanol–water partition coefficient (Wildman–Crippen LogP) is 3.27. The summed E-state index contributed by atoms with van der Waals surface area (Å²) in [4.78, 5) is 15.3. The molecule has 1 aromatic rings. The van der Waals surface area contributed by atoms with Gasteiger partial charge in [-0.15, -0.1) is 0 Å². The summed E-state index contributed by atoms with van der Waals surface area (Å²) in [6.07, 6.45) is -1.45. The van der Waals surface area contributed by atoms with Crippen molar-refractivity contribution in [3.8, 4) is 0 Å². The Kier molecular flexibility index (Phi) is 4.35. The normalized spacial score (nSPS) is 10.6. The van der Waals surface area contributed by atoms with E-state index in [0.717, 1.165) is 0 Å². The van der Waals surface area contributed by atoms with Gasteiger partial charge in [-0.3, -0.25) is 0 Å². The molecule has 1 heterocycles. The Bertz CT molecular complexity index is 410. The van der Waals surface area contributed by atoms with E-state index in [0.29, 0.717) is 0 Å². The van der Waals surface area contributed by atoms with Gasteiger partial charge in [0.2, 0.25) is 0 Å². The van der Waals surface area contributed by atoms with Gasteiger partial charge in [0.25, 0.3) is 6.43 Å². The van der Waals surface area contributed by atoms with Crippen LogP contribution in [0.25, 0.3) is 0 Å². The average Bonchev–Trinajstić information content (AvgIpc) is 2.20. The maximum absolute atomic E-state index is 12.8. The lowest BCUT2D eigenvalue weighted by Gasteiger charge is -2.11. The van der Waals surface area contributed by atoms with Gasteiger partial charge in [-0.1, -0.05) is 0 Å². The molecular formula is C10H10BrF2NO2. The Morgan fingerprint density at radius 2 is 2.25 bits per heavy atom. The maximum atomic E-state index is 12.8. The molecule has 88 valence electrons. The Hall–Kier alpha value is -1.04. The fourth-order valence-corrected chi connectivity index (χ4v) is 1.75. The second kappa shape index (κ2) is 5.34. The highest BCUT2D eigenvalue weighted by molar-refractivity contribution is 9.10. The van der Waals surface area contributed by atoms with Crippen molar-refractivity contribution in [3.05, 3.63) is 27.5 Å². The van der Waals surface area contributed by atoms with E-state index in [9.17, 15) is 13.6 Å². The summed E-state index contributed by atoms with van der Waals surface area (Å²) in [6, 6.07) is 0. The van der Waals surface area contributed by atoms with E-state index >= 15 is 0 Å². The van der Waals surface area contributed by atoms with Gasteiger partial charge in [0.1, 0.15) is 10.2 Å². The molecule has 1 rings (SSSR count). The highest BCUT2D eigenvalue weighted by atomic mass is 79.9. The molecule has 0 unspecified atom stereocenters. The van der Waals surface area contributed by atoms with E-state index in [1.165, 1.54) is 13.1 Å². The summed E-state index contributed by atoms with van der Waals surface area (Å²) in [7, 11) is 0. The highest BCUT2D eigenvalue weighted by Gasteiger charge is 2.25. The van der Waals surface area contributed by atoms with Crippen LogP contribution in [-0.2, 0) is 4.74 Å². The largest absolute Gasteiger partial charge is 0.462 e. The molecular weight excluding hydrogens is 284 g/mol. The van der Waals surface area contributed by atoms with Crippen LogP contribution < -0.4 is 0 Å². The molecule has 0 aliphatic heterocycles. The second-order valence-electron chi connectivity index (χ2n) is 3.04. The van der Waals surface area contributed by atoms with E-state index in [-0.39, 0.29) is 27.9 Å². The topological polar surface area (TPSA) is 39.2 Å². The van der Waals surface area contributed by atoms with Crippen LogP contribution in [0.4, 0.5) is 8.78 Å². The number of rotatable bonds is 3. The predicted molar refractivity (Wildman–Crippen MR) is 57.6 cm³/mol. The lowest BCUT2D eigenvalue weighted by atomic mass is 10.1. The number of nitrogens with zero attached hydrogens (tertiary/aromatic N) is 1. The number of hydrogen-bond donors (Lipinski definition) is 0. The molecule has 0 bridgehead atoms. The molecule has 0 amide bonds. The minimum atomic E-state index is -2.74. The van der Waals surface area contributed by atoms with Crippen molar-refractivity contribution in [3.63, 3.8) is 0 Å². The van der Waals surface area contributed by atoms with E-state index < -0.39 is 12.4 Å². The molecule has 3 nitrogen and oxygen atoms in total. The third-order valence-corrected chi connectivity index (χ3v) is 2.57. The summed E-state index contributed by atoms with van der Waals surface area (Å²) >= 11 is 2.97. The third-order valence-electron chi connectivity index (χ3n) is 1.97. The quantitative estimate of drug-likeness (QED) is 0.634. The van der Waals surface area contributed by atoms with Crippen molar-refractivity contribution in [1.82, 2.24) is 4.98 Å². The van der Waals surface area contributed by atoms with E-state index in [1.807, 2.05) is 0 Å². The minimum Gasteiger partial charge on any atom is -0.462 e. The Morgan fingerprint density at radius 3 is 2.75 bits per heavy atom. The molecule has 0 spiro atoms. The second-order valence-corrected chi connectivity index (χ2v) is 3.79. The van der Waals surface area contributed by atoms with Gasteiger partial charge in [-0.05, 0) is 35.3 Å². The zero-order chi connectivity index (χ0) is 12.3. The van der Waals surface area contributed by atoms with E-state index in [2.05, 4.69) is 20.9 Å². The molecule has 1 aromatic heterocycles. The maximum Gasteiger partial charge on any atom is 0.341 e. The van der Waals surface area contributed by atoms with Crippen LogP contribution in [-0.4, -0.2) is 17.6 Å². The minimum absolute atomic E-state index is 0.0758.